The number of rotatable bonds is 14. The zero-order valence-electron chi connectivity index (χ0n) is 27.2. The highest BCUT2D eigenvalue weighted by Gasteiger charge is 2.39. The third-order valence-corrected chi connectivity index (χ3v) is 7.13. The smallest absolute Gasteiger partial charge is 0.408 e. The second-order valence-electron chi connectivity index (χ2n) is 13.1. The molecule has 2 aromatic carbocycles. The lowest BCUT2D eigenvalue weighted by Crippen LogP contribution is -2.55. The molecule has 2 N–H and O–H groups in total. The number of nitrogens with zero attached hydrogens (tertiary/aromatic N) is 1. The van der Waals surface area contributed by atoms with Gasteiger partial charge in [-0.2, -0.15) is 0 Å². The normalized spacial score (nSPS) is 13.8. The molecule has 3 atom stereocenters. The van der Waals surface area contributed by atoms with Gasteiger partial charge in [0.05, 0.1) is 0 Å². The standard InChI is InChI=1S/C35H53N3O4/c1-10-27-18-20-29(21-19-27)31(32(39)36-23-28-14-12-11-13-15-28)38(26(6)17-16-24(2)3)33(40)30(22-25(4)5)37-34(41)42-35(7,8)9/h11-15,18-21,24-26,30-31H,10,16-17,22-23H2,1-9H3,(H,36,39)(H,37,41). The molecule has 0 aliphatic rings. The first kappa shape index (κ1) is 34.8. The summed E-state index contributed by atoms with van der Waals surface area (Å²) >= 11 is 0. The molecule has 0 aliphatic heterocycles. The minimum absolute atomic E-state index is 0.121. The SMILES string of the molecule is CCc1ccc(C(C(=O)NCc2ccccc2)N(C(=O)C(CC(C)C)NC(=O)OC(C)(C)C)C(C)CCC(C)C)cc1. The maximum Gasteiger partial charge on any atom is 0.408 e. The van der Waals surface area contributed by atoms with Crippen molar-refractivity contribution >= 4 is 17.9 Å². The van der Waals surface area contributed by atoms with Crippen LogP contribution in [0.4, 0.5) is 4.79 Å². The minimum Gasteiger partial charge on any atom is -0.444 e. The van der Waals surface area contributed by atoms with Crippen LogP contribution in [0.5, 0.6) is 0 Å². The largest absolute Gasteiger partial charge is 0.444 e. The average Bonchev–Trinajstić information content (AvgIpc) is 2.92. The van der Waals surface area contributed by atoms with Crippen LogP contribution in [0.2, 0.25) is 0 Å². The Bertz CT molecular complexity index is 1120. The summed E-state index contributed by atoms with van der Waals surface area (Å²) in [5.74, 6) is 0.0134. The van der Waals surface area contributed by atoms with E-state index in [1.54, 1.807) is 25.7 Å². The van der Waals surface area contributed by atoms with Gasteiger partial charge in [0.2, 0.25) is 11.8 Å². The highest BCUT2D eigenvalue weighted by atomic mass is 16.6. The summed E-state index contributed by atoms with van der Waals surface area (Å²) in [6.07, 6.45) is 2.26. The Morgan fingerprint density at radius 3 is 1.98 bits per heavy atom. The van der Waals surface area contributed by atoms with Crippen molar-refractivity contribution in [2.75, 3.05) is 0 Å². The van der Waals surface area contributed by atoms with Crippen molar-refractivity contribution in [2.45, 2.75) is 118 Å². The quantitative estimate of drug-likeness (QED) is 0.248. The van der Waals surface area contributed by atoms with Gasteiger partial charge in [0.1, 0.15) is 17.7 Å². The van der Waals surface area contributed by atoms with E-state index in [1.807, 2.05) is 75.4 Å². The maximum atomic E-state index is 14.6. The maximum absolute atomic E-state index is 14.6. The lowest BCUT2D eigenvalue weighted by atomic mass is 9.94. The average molecular weight is 580 g/mol. The molecule has 3 unspecified atom stereocenters. The first-order chi connectivity index (χ1) is 19.7. The van der Waals surface area contributed by atoms with Gasteiger partial charge in [-0.05, 0) is 81.9 Å². The third kappa shape index (κ3) is 11.5. The van der Waals surface area contributed by atoms with E-state index >= 15 is 0 Å². The molecule has 0 aliphatic carbocycles. The van der Waals surface area contributed by atoms with Gasteiger partial charge in [-0.15, -0.1) is 0 Å². The molecule has 0 bridgehead atoms. The molecule has 2 rings (SSSR count). The predicted octanol–water partition coefficient (Wildman–Crippen LogP) is 7.20. The number of carbonyl (C=O) groups excluding carboxylic acids is 3. The Labute approximate surface area is 253 Å². The van der Waals surface area contributed by atoms with Gasteiger partial charge in [-0.25, -0.2) is 4.79 Å². The van der Waals surface area contributed by atoms with Crippen LogP contribution in [0.25, 0.3) is 0 Å². The molecule has 0 spiro atoms. The summed E-state index contributed by atoms with van der Waals surface area (Å²) in [7, 11) is 0. The Morgan fingerprint density at radius 2 is 1.45 bits per heavy atom. The molecular formula is C35H53N3O4. The molecule has 42 heavy (non-hydrogen) atoms. The summed E-state index contributed by atoms with van der Waals surface area (Å²) < 4.78 is 5.52. The van der Waals surface area contributed by atoms with Crippen molar-refractivity contribution in [3.8, 4) is 0 Å². The molecule has 0 radical (unpaired) electrons. The number of hydrogen-bond acceptors (Lipinski definition) is 4. The molecule has 0 saturated heterocycles. The van der Waals surface area contributed by atoms with E-state index in [4.69, 9.17) is 4.74 Å². The van der Waals surface area contributed by atoms with Crippen LogP contribution in [-0.2, 0) is 27.3 Å². The summed E-state index contributed by atoms with van der Waals surface area (Å²) in [5, 5.41) is 5.93. The van der Waals surface area contributed by atoms with Gasteiger partial charge in [-0.3, -0.25) is 9.59 Å². The summed E-state index contributed by atoms with van der Waals surface area (Å²) in [4.78, 5) is 43.2. The molecular weight excluding hydrogens is 526 g/mol. The van der Waals surface area contributed by atoms with Crippen LogP contribution >= 0.6 is 0 Å². The van der Waals surface area contributed by atoms with Gasteiger partial charge >= 0.3 is 6.09 Å². The highest BCUT2D eigenvalue weighted by molar-refractivity contribution is 5.92. The molecule has 2 aromatic rings. The lowest BCUT2D eigenvalue weighted by molar-refractivity contribution is -0.145. The van der Waals surface area contributed by atoms with E-state index in [2.05, 4.69) is 31.4 Å². The highest BCUT2D eigenvalue weighted by Crippen LogP contribution is 2.29. The number of nitrogens with one attached hydrogen (secondary N) is 2. The number of aryl methyl sites for hydroxylation is 1. The summed E-state index contributed by atoms with van der Waals surface area (Å²) in [6, 6.07) is 15.7. The Morgan fingerprint density at radius 1 is 0.833 bits per heavy atom. The van der Waals surface area contributed by atoms with E-state index < -0.39 is 23.8 Å². The predicted molar refractivity (Wildman–Crippen MR) is 170 cm³/mol. The van der Waals surface area contributed by atoms with Crippen LogP contribution in [-0.4, -0.2) is 40.5 Å². The zero-order chi connectivity index (χ0) is 31.4. The monoisotopic (exact) mass is 579 g/mol. The number of hydrogen-bond donors (Lipinski definition) is 2. The first-order valence-corrected chi connectivity index (χ1v) is 15.4. The Kier molecular flexibility index (Phi) is 13.5. The zero-order valence-corrected chi connectivity index (χ0v) is 27.2. The molecule has 0 heterocycles. The fourth-order valence-corrected chi connectivity index (χ4v) is 4.89. The summed E-state index contributed by atoms with van der Waals surface area (Å²) in [6.45, 7) is 18.1. The molecule has 0 saturated carbocycles. The fourth-order valence-electron chi connectivity index (χ4n) is 4.89. The van der Waals surface area contributed by atoms with E-state index in [9.17, 15) is 14.4 Å². The number of alkyl carbamates (subject to hydrolysis) is 1. The third-order valence-electron chi connectivity index (χ3n) is 7.13. The number of ether oxygens (including phenoxy) is 1. The first-order valence-electron chi connectivity index (χ1n) is 15.4. The van der Waals surface area contributed by atoms with Crippen molar-refractivity contribution in [3.05, 3.63) is 71.3 Å². The van der Waals surface area contributed by atoms with Crippen LogP contribution in [0.15, 0.2) is 54.6 Å². The number of carbonyl (C=O) groups is 3. The van der Waals surface area contributed by atoms with Crippen LogP contribution in [0.1, 0.15) is 104 Å². The fraction of sp³-hybridized carbons (Fsp3) is 0.571. The molecule has 7 nitrogen and oxygen atoms in total. The number of amides is 3. The van der Waals surface area contributed by atoms with E-state index in [-0.39, 0.29) is 23.8 Å². The Hall–Kier alpha value is -3.35. The van der Waals surface area contributed by atoms with Gasteiger partial charge in [-0.1, -0.05) is 89.2 Å². The van der Waals surface area contributed by atoms with Crippen molar-refractivity contribution in [2.24, 2.45) is 11.8 Å². The molecule has 3 amide bonds. The van der Waals surface area contributed by atoms with E-state index in [1.165, 1.54) is 0 Å². The van der Waals surface area contributed by atoms with Crippen molar-refractivity contribution in [1.29, 1.82) is 0 Å². The van der Waals surface area contributed by atoms with Gasteiger partial charge < -0.3 is 20.3 Å². The molecule has 232 valence electrons. The van der Waals surface area contributed by atoms with Gasteiger partial charge in [0.15, 0.2) is 0 Å². The summed E-state index contributed by atoms with van der Waals surface area (Å²) in [5.41, 5.74) is 2.15. The lowest BCUT2D eigenvalue weighted by Gasteiger charge is -2.39. The van der Waals surface area contributed by atoms with Gasteiger partial charge in [0, 0.05) is 12.6 Å². The van der Waals surface area contributed by atoms with Crippen molar-refractivity contribution < 1.29 is 19.1 Å². The van der Waals surface area contributed by atoms with Crippen LogP contribution in [0.3, 0.4) is 0 Å². The van der Waals surface area contributed by atoms with Gasteiger partial charge in [0.25, 0.3) is 0 Å². The molecule has 0 aromatic heterocycles. The minimum atomic E-state index is -0.871. The van der Waals surface area contributed by atoms with Crippen LogP contribution in [0, 0.1) is 11.8 Å². The Balaban J connectivity index is 2.57. The second kappa shape index (κ2) is 16.3. The van der Waals surface area contributed by atoms with Crippen LogP contribution < -0.4 is 10.6 Å². The van der Waals surface area contributed by atoms with E-state index in [0.717, 1.165) is 36.0 Å². The topological polar surface area (TPSA) is 87.7 Å². The van der Waals surface area contributed by atoms with Crippen molar-refractivity contribution in [3.63, 3.8) is 0 Å². The second-order valence-corrected chi connectivity index (χ2v) is 13.1. The molecule has 0 fully saturated rings. The van der Waals surface area contributed by atoms with Crippen molar-refractivity contribution in [1.82, 2.24) is 15.5 Å². The molecule has 7 heteroatoms. The number of benzene rings is 2. The van der Waals surface area contributed by atoms with E-state index in [0.29, 0.717) is 18.9 Å².